The Balaban J connectivity index is 3.39. The van der Waals surface area contributed by atoms with Crippen LogP contribution in [-0.2, 0) is 9.05 Å². The van der Waals surface area contributed by atoms with Gasteiger partial charge >= 0.3 is 0 Å². The summed E-state index contributed by atoms with van der Waals surface area (Å²) in [4.78, 5) is 0. The van der Waals surface area contributed by atoms with Crippen molar-refractivity contribution in [2.45, 2.75) is 6.92 Å². The summed E-state index contributed by atoms with van der Waals surface area (Å²) in [5, 5.41) is 0. The van der Waals surface area contributed by atoms with Crippen LogP contribution < -0.4 is 0 Å². The van der Waals surface area contributed by atoms with Gasteiger partial charge in [-0.2, -0.15) is 0 Å². The quantitative estimate of drug-likeness (QED) is 0.436. The van der Waals surface area contributed by atoms with Gasteiger partial charge < -0.3 is 9.05 Å². The Bertz CT molecular complexity index is 103. The lowest BCUT2D eigenvalue weighted by molar-refractivity contribution is 0.292. The molecule has 0 aliphatic heterocycles. The van der Waals surface area contributed by atoms with Crippen LogP contribution in [0.1, 0.15) is 6.92 Å². The number of hydrogen-bond donors (Lipinski definition) is 0. The van der Waals surface area contributed by atoms with Gasteiger partial charge in [-0.25, -0.2) is 0 Å². The van der Waals surface area contributed by atoms with Crippen LogP contribution in [0.5, 0.6) is 0 Å². The maximum Gasteiger partial charge on any atom is 0.170 e. The lowest BCUT2D eigenvalue weighted by atomic mass is 10.7. The highest BCUT2D eigenvalue weighted by Gasteiger charge is 2.03. The maximum atomic E-state index is 5.32. The lowest BCUT2D eigenvalue weighted by Gasteiger charge is -2.12. The van der Waals surface area contributed by atoms with Gasteiger partial charge in [0.15, 0.2) is 8.38 Å². The molecule has 0 bridgehead atoms. The van der Waals surface area contributed by atoms with E-state index in [2.05, 4.69) is 13.2 Å². The smallest absolute Gasteiger partial charge is 0.170 e. The third kappa shape index (κ3) is 6.24. The van der Waals surface area contributed by atoms with E-state index in [0.717, 1.165) is 6.16 Å². The second kappa shape index (κ2) is 7.93. The Morgan fingerprint density at radius 3 is 1.91 bits per heavy atom. The molecule has 3 heteroatoms. The highest BCUT2D eigenvalue weighted by atomic mass is 31.2. The van der Waals surface area contributed by atoms with Gasteiger partial charge in [0.25, 0.3) is 0 Å². The summed E-state index contributed by atoms with van der Waals surface area (Å²) in [6, 6.07) is 0. The topological polar surface area (TPSA) is 18.5 Å². The minimum Gasteiger partial charge on any atom is -0.330 e. The van der Waals surface area contributed by atoms with Crippen LogP contribution in [0.4, 0.5) is 0 Å². The van der Waals surface area contributed by atoms with Crippen molar-refractivity contribution in [2.24, 2.45) is 0 Å². The predicted molar refractivity (Wildman–Crippen MR) is 49.8 cm³/mol. The van der Waals surface area contributed by atoms with Gasteiger partial charge in [-0.15, -0.1) is 13.2 Å². The Hall–Kier alpha value is -0.170. The van der Waals surface area contributed by atoms with Crippen molar-refractivity contribution in [3.63, 3.8) is 0 Å². The Morgan fingerprint density at radius 1 is 1.18 bits per heavy atom. The molecule has 0 atom stereocenters. The monoisotopic (exact) mass is 174 g/mol. The molecule has 0 aliphatic rings. The van der Waals surface area contributed by atoms with E-state index in [9.17, 15) is 0 Å². The standard InChI is InChI=1S/C8H15O2P/c1-4-7-9-11(6-3)10-8-5-2/h4-5H,1-2,6-8H2,3H3. The molecule has 0 amide bonds. The molecule has 0 fully saturated rings. The molecular weight excluding hydrogens is 159 g/mol. The van der Waals surface area contributed by atoms with Crippen LogP contribution in [0, 0.1) is 0 Å². The van der Waals surface area contributed by atoms with Crippen LogP contribution in [0.25, 0.3) is 0 Å². The second-order valence-corrected chi connectivity index (χ2v) is 3.63. The first kappa shape index (κ1) is 10.8. The molecular formula is C8H15O2P. The van der Waals surface area contributed by atoms with Crippen LogP contribution in [0.15, 0.2) is 25.3 Å². The molecule has 0 spiro atoms. The molecule has 0 rings (SSSR count). The van der Waals surface area contributed by atoms with Gasteiger partial charge in [-0.1, -0.05) is 19.1 Å². The van der Waals surface area contributed by atoms with Crippen molar-refractivity contribution in [2.75, 3.05) is 19.4 Å². The maximum absolute atomic E-state index is 5.32. The van der Waals surface area contributed by atoms with Gasteiger partial charge in [0.05, 0.1) is 13.2 Å². The summed E-state index contributed by atoms with van der Waals surface area (Å²) in [7, 11) is -0.713. The molecule has 2 nitrogen and oxygen atoms in total. The first-order valence-corrected chi connectivity index (χ1v) is 4.96. The molecule has 0 aromatic rings. The van der Waals surface area contributed by atoms with Gasteiger partial charge in [0.1, 0.15) is 0 Å². The average molecular weight is 174 g/mol. The SMILES string of the molecule is C=CCOP(CC)OCC=C. The Kier molecular flexibility index (Phi) is 7.81. The van der Waals surface area contributed by atoms with Gasteiger partial charge in [0, 0.05) is 6.16 Å². The molecule has 64 valence electrons. The summed E-state index contributed by atoms with van der Waals surface area (Å²) >= 11 is 0. The molecule has 0 saturated carbocycles. The van der Waals surface area contributed by atoms with Crippen molar-refractivity contribution in [1.29, 1.82) is 0 Å². The molecule has 0 unspecified atom stereocenters. The molecule has 0 radical (unpaired) electrons. The number of hydrogen-bond acceptors (Lipinski definition) is 2. The zero-order valence-corrected chi connectivity index (χ0v) is 7.85. The van der Waals surface area contributed by atoms with Crippen molar-refractivity contribution < 1.29 is 9.05 Å². The van der Waals surface area contributed by atoms with E-state index in [1.807, 2.05) is 6.92 Å². The van der Waals surface area contributed by atoms with Crippen molar-refractivity contribution in [3.05, 3.63) is 25.3 Å². The van der Waals surface area contributed by atoms with E-state index in [-0.39, 0.29) is 0 Å². The summed E-state index contributed by atoms with van der Waals surface area (Å²) in [6.45, 7) is 10.3. The van der Waals surface area contributed by atoms with Gasteiger partial charge in [-0.05, 0) is 0 Å². The van der Waals surface area contributed by atoms with Crippen LogP contribution >= 0.6 is 8.38 Å². The predicted octanol–water partition coefficient (Wildman–Crippen LogP) is 2.72. The third-order valence-corrected chi connectivity index (χ3v) is 2.32. The first-order chi connectivity index (χ1) is 5.35. The highest BCUT2D eigenvalue weighted by Crippen LogP contribution is 2.37. The normalized spacial score (nSPS) is 10.0. The fraction of sp³-hybridized carbons (Fsp3) is 0.500. The first-order valence-electron chi connectivity index (χ1n) is 3.60. The Labute approximate surface area is 69.8 Å². The van der Waals surface area contributed by atoms with Crippen LogP contribution in [-0.4, -0.2) is 19.4 Å². The minimum absolute atomic E-state index is 0.566. The molecule has 0 aromatic heterocycles. The fourth-order valence-corrected chi connectivity index (χ4v) is 1.47. The average Bonchev–Trinajstić information content (AvgIpc) is 2.05. The summed E-state index contributed by atoms with van der Waals surface area (Å²) in [5.41, 5.74) is 0. The second-order valence-electron chi connectivity index (χ2n) is 1.82. The molecule has 0 aliphatic carbocycles. The molecule has 0 saturated heterocycles. The van der Waals surface area contributed by atoms with Crippen molar-refractivity contribution in [1.82, 2.24) is 0 Å². The molecule has 11 heavy (non-hydrogen) atoms. The lowest BCUT2D eigenvalue weighted by Crippen LogP contribution is -1.93. The zero-order chi connectivity index (χ0) is 8.53. The zero-order valence-electron chi connectivity index (χ0n) is 6.95. The van der Waals surface area contributed by atoms with E-state index < -0.39 is 8.38 Å². The third-order valence-electron chi connectivity index (χ3n) is 0.931. The number of rotatable bonds is 7. The van der Waals surface area contributed by atoms with Crippen molar-refractivity contribution in [3.8, 4) is 0 Å². The molecule has 0 heterocycles. The summed E-state index contributed by atoms with van der Waals surface area (Å²) < 4.78 is 10.6. The highest BCUT2D eigenvalue weighted by molar-refractivity contribution is 7.47. The van der Waals surface area contributed by atoms with Gasteiger partial charge in [-0.3, -0.25) is 0 Å². The van der Waals surface area contributed by atoms with Crippen LogP contribution in [0.2, 0.25) is 0 Å². The summed E-state index contributed by atoms with van der Waals surface area (Å²) in [5.74, 6) is 0. The van der Waals surface area contributed by atoms with E-state index in [1.165, 1.54) is 0 Å². The van der Waals surface area contributed by atoms with Gasteiger partial charge in [0.2, 0.25) is 0 Å². The summed E-state index contributed by atoms with van der Waals surface area (Å²) in [6.07, 6.45) is 4.36. The largest absolute Gasteiger partial charge is 0.330 e. The van der Waals surface area contributed by atoms with Crippen molar-refractivity contribution >= 4 is 8.38 Å². The van der Waals surface area contributed by atoms with E-state index in [4.69, 9.17) is 9.05 Å². The van der Waals surface area contributed by atoms with Crippen LogP contribution in [0.3, 0.4) is 0 Å². The van der Waals surface area contributed by atoms with E-state index in [0.29, 0.717) is 13.2 Å². The Morgan fingerprint density at radius 2 is 1.64 bits per heavy atom. The minimum atomic E-state index is -0.713. The van der Waals surface area contributed by atoms with E-state index in [1.54, 1.807) is 12.2 Å². The van der Waals surface area contributed by atoms with E-state index >= 15 is 0 Å². The molecule has 0 N–H and O–H groups in total. The molecule has 0 aromatic carbocycles. The fourth-order valence-electron chi connectivity index (χ4n) is 0.492.